The topological polar surface area (TPSA) is 67.9 Å². The summed E-state index contributed by atoms with van der Waals surface area (Å²) in [4.78, 5) is 15.9. The lowest BCUT2D eigenvalue weighted by atomic mass is 9.82. The molecule has 0 spiro atoms. The van der Waals surface area contributed by atoms with Gasteiger partial charge in [0, 0.05) is 18.9 Å². The van der Waals surface area contributed by atoms with Crippen LogP contribution in [0.25, 0.3) is 11.0 Å². The molecule has 1 saturated carbocycles. The molecule has 22 heavy (non-hydrogen) atoms. The Labute approximate surface area is 129 Å². The van der Waals surface area contributed by atoms with E-state index in [4.69, 9.17) is 10.00 Å². The van der Waals surface area contributed by atoms with Gasteiger partial charge in [0.2, 0.25) is 0 Å². The number of pyridine rings is 1. The van der Waals surface area contributed by atoms with Crippen LogP contribution in [0.15, 0.2) is 24.5 Å². The first-order valence-corrected chi connectivity index (χ1v) is 7.64. The van der Waals surface area contributed by atoms with Crippen molar-refractivity contribution < 1.29 is 9.53 Å². The molecular weight excluding hydrogens is 278 g/mol. The smallest absolute Gasteiger partial charge is 0.308 e. The van der Waals surface area contributed by atoms with Gasteiger partial charge >= 0.3 is 5.97 Å². The fourth-order valence-electron chi connectivity index (χ4n) is 3.31. The number of carbonyl (C=O) groups excluding carboxylic acids is 1. The number of hydrogen-bond acceptors (Lipinski definition) is 4. The second kappa shape index (κ2) is 6.18. The predicted octanol–water partition coefficient (Wildman–Crippen LogP) is 2.89. The third kappa shape index (κ3) is 2.82. The van der Waals surface area contributed by atoms with E-state index in [2.05, 4.69) is 15.6 Å². The van der Waals surface area contributed by atoms with Crippen molar-refractivity contribution in [2.24, 2.45) is 11.8 Å². The van der Waals surface area contributed by atoms with Crippen molar-refractivity contribution >= 4 is 17.0 Å². The molecule has 0 bridgehead atoms. The van der Waals surface area contributed by atoms with Crippen molar-refractivity contribution in [3.63, 3.8) is 0 Å². The average molecular weight is 297 g/mol. The summed E-state index contributed by atoms with van der Waals surface area (Å²) in [5.41, 5.74) is 2.51. The van der Waals surface area contributed by atoms with Gasteiger partial charge in [0.1, 0.15) is 6.07 Å². The van der Waals surface area contributed by atoms with Gasteiger partial charge in [-0.1, -0.05) is 0 Å². The molecule has 0 radical (unpaired) electrons. The van der Waals surface area contributed by atoms with Gasteiger partial charge in [-0.2, -0.15) is 5.26 Å². The van der Waals surface area contributed by atoms with Gasteiger partial charge in [0.15, 0.2) is 0 Å². The molecule has 0 aliphatic heterocycles. The first-order chi connectivity index (χ1) is 10.7. The highest BCUT2D eigenvalue weighted by atomic mass is 16.5. The van der Waals surface area contributed by atoms with Gasteiger partial charge in [-0.3, -0.25) is 9.78 Å². The van der Waals surface area contributed by atoms with E-state index >= 15 is 0 Å². The Balaban J connectivity index is 1.70. The van der Waals surface area contributed by atoms with E-state index in [1.807, 2.05) is 18.3 Å². The summed E-state index contributed by atoms with van der Waals surface area (Å²) >= 11 is 0. The van der Waals surface area contributed by atoms with Crippen LogP contribution in [0.4, 0.5) is 0 Å². The Hall–Kier alpha value is -2.35. The van der Waals surface area contributed by atoms with E-state index < -0.39 is 0 Å². The van der Waals surface area contributed by atoms with Crippen LogP contribution in [-0.2, 0) is 16.1 Å². The molecule has 0 amide bonds. The number of fused-ring (bicyclic) bond motifs is 1. The van der Waals surface area contributed by atoms with E-state index in [-0.39, 0.29) is 11.9 Å². The first-order valence-electron chi connectivity index (χ1n) is 7.64. The molecule has 0 atom stereocenters. The SMILES string of the molecule is COC(=O)C1CCC(Cn2ccc3ncc(C#N)cc32)CC1. The van der Waals surface area contributed by atoms with E-state index in [1.165, 1.54) is 7.11 Å². The number of nitriles is 1. The second-order valence-corrected chi connectivity index (χ2v) is 5.95. The molecule has 1 aliphatic rings. The normalized spacial score (nSPS) is 21.5. The van der Waals surface area contributed by atoms with E-state index in [1.54, 1.807) is 6.20 Å². The zero-order chi connectivity index (χ0) is 15.5. The highest BCUT2D eigenvalue weighted by Crippen LogP contribution is 2.31. The van der Waals surface area contributed by atoms with Crippen molar-refractivity contribution in [3.05, 3.63) is 30.1 Å². The van der Waals surface area contributed by atoms with Crippen LogP contribution < -0.4 is 0 Å². The largest absolute Gasteiger partial charge is 0.469 e. The molecular formula is C17H19N3O2. The van der Waals surface area contributed by atoms with Crippen molar-refractivity contribution in [3.8, 4) is 6.07 Å². The molecule has 1 aliphatic carbocycles. The summed E-state index contributed by atoms with van der Waals surface area (Å²) in [5.74, 6) is 0.546. The predicted molar refractivity (Wildman–Crippen MR) is 81.9 cm³/mol. The molecule has 2 heterocycles. The van der Waals surface area contributed by atoms with Crippen molar-refractivity contribution in [1.82, 2.24) is 9.55 Å². The van der Waals surface area contributed by atoms with Gasteiger partial charge in [-0.15, -0.1) is 0 Å². The van der Waals surface area contributed by atoms with Crippen molar-refractivity contribution in [2.75, 3.05) is 7.11 Å². The van der Waals surface area contributed by atoms with Gasteiger partial charge in [0.05, 0.1) is 29.6 Å². The van der Waals surface area contributed by atoms with Gasteiger partial charge in [0.25, 0.3) is 0 Å². The van der Waals surface area contributed by atoms with Crippen LogP contribution in [0.5, 0.6) is 0 Å². The van der Waals surface area contributed by atoms with Crippen LogP contribution in [0.1, 0.15) is 31.2 Å². The summed E-state index contributed by atoms with van der Waals surface area (Å²) < 4.78 is 7.00. The Morgan fingerprint density at radius 1 is 1.45 bits per heavy atom. The molecule has 114 valence electrons. The minimum atomic E-state index is -0.0762. The summed E-state index contributed by atoms with van der Waals surface area (Å²) in [7, 11) is 1.46. The third-order valence-corrected chi connectivity index (χ3v) is 4.58. The molecule has 0 N–H and O–H groups in total. The maximum atomic E-state index is 11.6. The number of rotatable bonds is 3. The molecule has 0 unspecified atom stereocenters. The quantitative estimate of drug-likeness (QED) is 0.817. The van der Waals surface area contributed by atoms with E-state index in [9.17, 15) is 4.79 Å². The zero-order valence-corrected chi connectivity index (χ0v) is 12.7. The molecule has 2 aromatic heterocycles. The maximum absolute atomic E-state index is 11.6. The average Bonchev–Trinajstić information content (AvgIpc) is 2.97. The van der Waals surface area contributed by atoms with Crippen LogP contribution in [0.3, 0.4) is 0 Å². The fraction of sp³-hybridized carbons (Fsp3) is 0.471. The second-order valence-electron chi connectivity index (χ2n) is 5.95. The lowest BCUT2D eigenvalue weighted by molar-refractivity contribution is -0.146. The Morgan fingerprint density at radius 2 is 2.23 bits per heavy atom. The van der Waals surface area contributed by atoms with Crippen molar-refractivity contribution in [1.29, 1.82) is 5.26 Å². The van der Waals surface area contributed by atoms with Gasteiger partial charge in [-0.05, 0) is 43.7 Å². The lowest BCUT2D eigenvalue weighted by Gasteiger charge is -2.27. The van der Waals surface area contributed by atoms with Crippen LogP contribution >= 0.6 is 0 Å². The maximum Gasteiger partial charge on any atom is 0.308 e. The molecule has 2 aromatic rings. The summed E-state index contributed by atoms with van der Waals surface area (Å²) in [6.07, 6.45) is 7.51. The minimum Gasteiger partial charge on any atom is -0.469 e. The van der Waals surface area contributed by atoms with E-state index in [0.29, 0.717) is 11.5 Å². The number of hydrogen-bond donors (Lipinski definition) is 0. The highest BCUT2D eigenvalue weighted by molar-refractivity contribution is 5.77. The number of esters is 1. The minimum absolute atomic E-state index is 0.0644. The third-order valence-electron chi connectivity index (χ3n) is 4.58. The Kier molecular flexibility index (Phi) is 4.10. The standard InChI is InChI=1S/C17H19N3O2/c1-22-17(21)14-4-2-12(3-5-14)11-20-7-6-15-16(20)8-13(9-18)10-19-15/h6-8,10,12,14H,2-5,11H2,1H3. The van der Waals surface area contributed by atoms with Crippen LogP contribution in [0.2, 0.25) is 0 Å². The van der Waals surface area contributed by atoms with Gasteiger partial charge in [-0.25, -0.2) is 0 Å². The van der Waals surface area contributed by atoms with Crippen molar-refractivity contribution in [2.45, 2.75) is 32.2 Å². The lowest BCUT2D eigenvalue weighted by Crippen LogP contribution is -2.24. The van der Waals surface area contributed by atoms with Gasteiger partial charge < -0.3 is 9.30 Å². The number of methoxy groups -OCH3 is 1. The highest BCUT2D eigenvalue weighted by Gasteiger charge is 2.27. The van der Waals surface area contributed by atoms with E-state index in [0.717, 1.165) is 43.3 Å². The molecule has 5 heteroatoms. The molecule has 0 saturated heterocycles. The number of aromatic nitrogens is 2. The number of ether oxygens (including phenoxy) is 1. The molecule has 3 rings (SSSR count). The summed E-state index contributed by atoms with van der Waals surface area (Å²) in [6.45, 7) is 0.911. The zero-order valence-electron chi connectivity index (χ0n) is 12.7. The Morgan fingerprint density at radius 3 is 2.91 bits per heavy atom. The first kappa shape index (κ1) is 14.6. The van der Waals surface area contributed by atoms with Crippen LogP contribution in [0, 0.1) is 23.2 Å². The summed E-state index contributed by atoms with van der Waals surface area (Å²) in [5, 5.41) is 9.01. The summed E-state index contributed by atoms with van der Waals surface area (Å²) in [6, 6.07) is 6.01. The monoisotopic (exact) mass is 297 g/mol. The molecule has 1 fully saturated rings. The molecule has 5 nitrogen and oxygen atoms in total. The fourth-order valence-corrected chi connectivity index (χ4v) is 3.31. The number of nitrogens with zero attached hydrogens (tertiary/aromatic N) is 3. The number of carbonyl (C=O) groups is 1. The van der Waals surface area contributed by atoms with Crippen LogP contribution in [-0.4, -0.2) is 22.6 Å². The Bertz CT molecular complexity index is 721. The molecule has 0 aromatic carbocycles.